The molecule has 8 N–H and O–H groups in total. The van der Waals surface area contributed by atoms with Crippen LogP contribution in [-0.4, -0.2) is 94.2 Å². The maximum atomic E-state index is 14.0. The van der Waals surface area contributed by atoms with Gasteiger partial charge in [-0.3, -0.25) is 28.8 Å². The smallest absolute Gasteiger partial charge is 0.333 e. The first-order valence-electron chi connectivity index (χ1n) is 23.9. The minimum atomic E-state index is -1.31. The largest absolute Gasteiger partial charge is 0.487 e. The number of fused-ring (bicyclic) bond motifs is 1. The zero-order valence-corrected chi connectivity index (χ0v) is 41.7. The molecule has 2 rings (SSSR count). The molecule has 0 fully saturated rings. The zero-order valence-electron chi connectivity index (χ0n) is 40.9. The molecular weight excluding hydrogens is 869 g/mol. The molecule has 4 unspecified atom stereocenters. The van der Waals surface area contributed by atoms with Gasteiger partial charge in [0.2, 0.25) is 11.8 Å². The number of carbonyl (C=O) groups excluding carboxylic acids is 5. The molecule has 16 nitrogen and oxygen atoms in total. The van der Waals surface area contributed by atoms with Crippen LogP contribution in [0.15, 0.2) is 0 Å². The van der Waals surface area contributed by atoms with Crippen molar-refractivity contribution in [3.05, 3.63) is 22.3 Å². The Balaban J connectivity index is 2.06. The average molecular weight is 949 g/mol. The van der Waals surface area contributed by atoms with E-state index < -0.39 is 72.6 Å². The fourth-order valence-electron chi connectivity index (χ4n) is 8.04. The van der Waals surface area contributed by atoms with Crippen LogP contribution < -0.4 is 31.6 Å². The van der Waals surface area contributed by atoms with Gasteiger partial charge >= 0.3 is 29.8 Å². The van der Waals surface area contributed by atoms with Crippen LogP contribution in [0.5, 0.6) is 11.5 Å². The lowest BCUT2D eigenvalue weighted by Gasteiger charge is -2.38. The van der Waals surface area contributed by atoms with Gasteiger partial charge < -0.3 is 46.5 Å². The number of nitrogens with one attached hydrogen (secondary N) is 2. The van der Waals surface area contributed by atoms with Crippen LogP contribution in [0.4, 0.5) is 0 Å². The number of benzene rings is 1. The van der Waals surface area contributed by atoms with Crippen LogP contribution in [0.3, 0.4) is 0 Å². The number of rotatable bonds is 32. The van der Waals surface area contributed by atoms with Crippen molar-refractivity contribution in [1.29, 1.82) is 0 Å². The summed E-state index contributed by atoms with van der Waals surface area (Å²) in [6.45, 7) is 16.8. The number of carboxylic acid groups (broad SMARTS) is 2. The van der Waals surface area contributed by atoms with Gasteiger partial charge in [-0.2, -0.15) is 11.8 Å². The number of thioether (sulfide) groups is 1. The number of hydrogen-bond donors (Lipinski definition) is 6. The van der Waals surface area contributed by atoms with Crippen LogP contribution in [0, 0.1) is 44.4 Å². The first-order chi connectivity index (χ1) is 31.0. The molecule has 0 saturated carbocycles. The summed E-state index contributed by atoms with van der Waals surface area (Å²) in [6, 6.07) is -2.47. The number of amides is 2. The van der Waals surface area contributed by atoms with Crippen LogP contribution in [-0.2, 0) is 44.7 Å². The second-order valence-corrected chi connectivity index (χ2v) is 20.2. The van der Waals surface area contributed by atoms with Crippen LogP contribution >= 0.6 is 11.8 Å². The van der Waals surface area contributed by atoms with Crippen molar-refractivity contribution < 1.29 is 58.0 Å². The van der Waals surface area contributed by atoms with E-state index in [9.17, 15) is 33.6 Å². The summed E-state index contributed by atoms with van der Waals surface area (Å²) in [5.74, 6) is -4.47. The molecule has 1 aliphatic heterocycles. The van der Waals surface area contributed by atoms with E-state index in [1.54, 1.807) is 0 Å². The van der Waals surface area contributed by atoms with Crippen LogP contribution in [0.1, 0.15) is 160 Å². The fourth-order valence-corrected chi connectivity index (χ4v) is 9.10. The molecule has 0 aromatic heterocycles. The number of nitrogens with two attached hydrogens (primary N) is 2. The third-order valence-electron chi connectivity index (χ3n) is 12.5. The lowest BCUT2D eigenvalue weighted by atomic mass is 9.83. The summed E-state index contributed by atoms with van der Waals surface area (Å²) in [6.07, 6.45) is 13.4. The van der Waals surface area contributed by atoms with Gasteiger partial charge in [0.05, 0.1) is 6.04 Å². The molecular formula is C49H80N4O12S. The minimum Gasteiger partial charge on any atom is -0.487 e. The maximum absolute atomic E-state index is 14.0. The molecule has 17 heteroatoms. The van der Waals surface area contributed by atoms with Gasteiger partial charge in [-0.05, 0) is 107 Å². The molecule has 1 heterocycles. The van der Waals surface area contributed by atoms with Crippen molar-refractivity contribution in [3.8, 4) is 11.5 Å². The monoisotopic (exact) mass is 949 g/mol. The molecule has 0 saturated heterocycles. The highest BCUT2D eigenvalue weighted by molar-refractivity contribution is 7.99. The van der Waals surface area contributed by atoms with Crippen molar-refractivity contribution in [2.75, 3.05) is 24.6 Å². The van der Waals surface area contributed by atoms with E-state index in [0.717, 1.165) is 83.7 Å². The molecule has 0 radical (unpaired) electrons. The Morgan fingerprint density at radius 3 is 1.98 bits per heavy atom. The van der Waals surface area contributed by atoms with E-state index in [-0.39, 0.29) is 36.5 Å². The molecule has 1 aromatic carbocycles. The van der Waals surface area contributed by atoms with Crippen LogP contribution in [0.25, 0.3) is 0 Å². The van der Waals surface area contributed by atoms with E-state index >= 15 is 0 Å². The summed E-state index contributed by atoms with van der Waals surface area (Å²) in [7, 11) is 0. The van der Waals surface area contributed by atoms with E-state index in [1.165, 1.54) is 38.5 Å². The van der Waals surface area contributed by atoms with Crippen molar-refractivity contribution in [3.63, 3.8) is 0 Å². The highest BCUT2D eigenvalue weighted by Gasteiger charge is 2.36. The Kier molecular flexibility index (Phi) is 25.9. The molecule has 66 heavy (non-hydrogen) atoms. The normalized spacial score (nSPS) is 16.8. The molecule has 0 bridgehead atoms. The Morgan fingerprint density at radius 2 is 1.36 bits per heavy atom. The van der Waals surface area contributed by atoms with Crippen LogP contribution in [0.2, 0.25) is 0 Å². The lowest BCUT2D eigenvalue weighted by Crippen LogP contribution is -2.45. The number of carboxylic acids is 2. The van der Waals surface area contributed by atoms with Gasteiger partial charge in [0, 0.05) is 36.5 Å². The van der Waals surface area contributed by atoms with Gasteiger partial charge in [-0.15, -0.1) is 0 Å². The number of unbranched alkanes of at least 4 members (excludes halogenated alkanes) is 2. The van der Waals surface area contributed by atoms with Gasteiger partial charge in [-0.1, -0.05) is 79.1 Å². The summed E-state index contributed by atoms with van der Waals surface area (Å²) in [5.41, 5.74) is 14.4. The van der Waals surface area contributed by atoms with E-state index in [2.05, 4.69) is 50.0 Å². The number of aliphatic carboxylic acids is 2. The summed E-state index contributed by atoms with van der Waals surface area (Å²) >= 11 is 1.06. The maximum Gasteiger partial charge on any atom is 0.333 e. The third kappa shape index (κ3) is 21.2. The Bertz CT molecular complexity index is 1790. The number of carbonyl (C=O) groups is 7. The van der Waals surface area contributed by atoms with E-state index in [4.69, 9.17) is 31.2 Å². The minimum absolute atomic E-state index is 0.0113. The first-order valence-corrected chi connectivity index (χ1v) is 25.1. The fraction of sp³-hybridized carbons (Fsp3) is 0.735. The van der Waals surface area contributed by atoms with Gasteiger partial charge in [0.15, 0.2) is 0 Å². The topological polar surface area (TPSA) is 264 Å². The summed E-state index contributed by atoms with van der Waals surface area (Å²) in [5, 5.41) is 22.8. The molecule has 0 spiro atoms. The highest BCUT2D eigenvalue weighted by Crippen LogP contribution is 2.45. The predicted molar refractivity (Wildman–Crippen MR) is 255 cm³/mol. The van der Waals surface area contributed by atoms with Crippen molar-refractivity contribution >= 4 is 53.4 Å². The van der Waals surface area contributed by atoms with Crippen molar-refractivity contribution in [1.82, 2.24) is 10.6 Å². The second-order valence-electron chi connectivity index (χ2n) is 19.1. The standard InChI is InChI=1S/C49H80N4O12S/c1-30(2)15-12-16-31(3)17-13-18-32(4)19-14-24-49(8)25-23-36-35(7)43(33(5)34(6)44(36)65-49)64-48(62)37(45(58)52-26-11-9-10-20-40(54)55)28-66-29-39(51)46(59)53-27-42(57)63-41(56)22-21-38(50)47(60)61/h30-32,37-39H,9-29,50-51H2,1-8H3,(H,52,58)(H,53,59)(H,54,55)(H,60,61)/t31?,32?,37?,38-,39-,49?/m0/s1. The third-order valence-corrected chi connectivity index (χ3v) is 13.7. The summed E-state index contributed by atoms with van der Waals surface area (Å²) in [4.78, 5) is 85.8. The van der Waals surface area contributed by atoms with Gasteiger partial charge in [0.1, 0.15) is 35.6 Å². The van der Waals surface area contributed by atoms with Gasteiger partial charge in [0.25, 0.3) is 0 Å². The van der Waals surface area contributed by atoms with Crippen molar-refractivity contribution in [2.45, 2.75) is 182 Å². The summed E-state index contributed by atoms with van der Waals surface area (Å²) < 4.78 is 17.5. The zero-order chi connectivity index (χ0) is 49.6. The quantitative estimate of drug-likeness (QED) is 0.0187. The SMILES string of the molecule is Cc1c(C)c2c(c(C)c1OC(=O)C(CSC[C@H](N)C(=O)NCC(=O)OC(=O)CC[C@H](N)C(=O)O)C(=O)NCCCCCC(=O)O)CCC(C)(CCCC(C)CCCC(C)CCCC(C)C)O2. The molecule has 1 aromatic rings. The Labute approximate surface area is 396 Å². The Hall–Kier alpha value is -4.22. The van der Waals surface area contributed by atoms with Gasteiger partial charge in [-0.25, -0.2) is 4.79 Å². The number of hydrogen-bond acceptors (Lipinski definition) is 13. The Morgan fingerprint density at radius 1 is 0.727 bits per heavy atom. The lowest BCUT2D eigenvalue weighted by molar-refractivity contribution is -0.159. The molecule has 374 valence electrons. The predicted octanol–water partition coefficient (Wildman–Crippen LogP) is 6.86. The molecule has 6 atom stereocenters. The average Bonchev–Trinajstić information content (AvgIpc) is 3.24. The number of ether oxygens (including phenoxy) is 3. The molecule has 2 amide bonds. The molecule has 0 aliphatic carbocycles. The highest BCUT2D eigenvalue weighted by atomic mass is 32.2. The van der Waals surface area contributed by atoms with E-state index in [1.807, 2.05) is 20.8 Å². The second kappa shape index (κ2) is 29.5. The van der Waals surface area contributed by atoms with E-state index in [0.29, 0.717) is 30.9 Å². The molecule has 1 aliphatic rings. The van der Waals surface area contributed by atoms with Crippen molar-refractivity contribution in [2.24, 2.45) is 35.1 Å². The number of esters is 3. The first kappa shape index (κ1) is 57.9.